The van der Waals surface area contributed by atoms with Crippen molar-refractivity contribution in [1.29, 1.82) is 5.26 Å². The Kier molecular flexibility index (Phi) is 6.58. The number of amides is 3. The number of esters is 1. The number of nitro groups is 1. The van der Waals surface area contributed by atoms with Gasteiger partial charge in [-0.1, -0.05) is 0 Å². The molecule has 0 saturated carbocycles. The summed E-state index contributed by atoms with van der Waals surface area (Å²) in [7, 11) is 2.44. The SMILES string of the molecule is COC(=O)c1ccc(CN2C(=O)N/C(=C\c3cc(OC)c(OCC#N)c([N+](=O)[O-])c3)C2=O)o1. The average Bonchev–Trinajstić information content (AvgIpc) is 3.37. The van der Waals surface area contributed by atoms with E-state index < -0.39 is 35.1 Å². The van der Waals surface area contributed by atoms with E-state index in [9.17, 15) is 24.5 Å². The van der Waals surface area contributed by atoms with Gasteiger partial charge in [0.1, 0.15) is 17.5 Å². The number of furan rings is 1. The minimum absolute atomic E-state index is 0.0362. The molecule has 3 rings (SSSR count). The maximum Gasteiger partial charge on any atom is 0.373 e. The van der Waals surface area contributed by atoms with Crippen molar-refractivity contribution in [2.24, 2.45) is 0 Å². The number of nitro benzene ring substituents is 1. The number of benzene rings is 1. The molecule has 33 heavy (non-hydrogen) atoms. The van der Waals surface area contributed by atoms with Crippen LogP contribution >= 0.6 is 0 Å². The van der Waals surface area contributed by atoms with E-state index in [0.29, 0.717) is 0 Å². The van der Waals surface area contributed by atoms with Crippen LogP contribution in [0.3, 0.4) is 0 Å². The molecule has 0 spiro atoms. The van der Waals surface area contributed by atoms with E-state index in [0.717, 1.165) is 11.0 Å². The van der Waals surface area contributed by atoms with E-state index in [-0.39, 0.29) is 40.8 Å². The van der Waals surface area contributed by atoms with Crippen LogP contribution in [0.4, 0.5) is 10.5 Å². The van der Waals surface area contributed by atoms with Crippen molar-refractivity contribution in [2.75, 3.05) is 20.8 Å². The fourth-order valence-corrected chi connectivity index (χ4v) is 2.94. The lowest BCUT2D eigenvalue weighted by Gasteiger charge is -2.10. The zero-order valence-corrected chi connectivity index (χ0v) is 17.3. The minimum atomic E-state index is -0.752. The van der Waals surface area contributed by atoms with Crippen molar-refractivity contribution in [3.63, 3.8) is 0 Å². The van der Waals surface area contributed by atoms with Crippen LogP contribution < -0.4 is 14.8 Å². The van der Waals surface area contributed by atoms with E-state index in [1.807, 2.05) is 0 Å². The van der Waals surface area contributed by atoms with Gasteiger partial charge < -0.3 is 23.9 Å². The standard InChI is InChI=1S/C20H16N4O9/c1-30-16-9-11(8-14(24(28)29)17(16)32-6-5-21)7-13-18(25)23(20(27)22-13)10-12-3-4-15(33-12)19(26)31-2/h3-4,7-9H,6,10H2,1-2H3,(H,22,27)/b13-7-. The molecular weight excluding hydrogens is 440 g/mol. The van der Waals surface area contributed by atoms with E-state index in [1.54, 1.807) is 6.07 Å². The van der Waals surface area contributed by atoms with Gasteiger partial charge in [0.15, 0.2) is 12.4 Å². The average molecular weight is 456 g/mol. The third kappa shape index (κ3) is 4.74. The number of nitrogens with zero attached hydrogens (tertiary/aromatic N) is 3. The third-order valence-corrected chi connectivity index (χ3v) is 4.39. The van der Waals surface area contributed by atoms with Gasteiger partial charge in [-0.25, -0.2) is 9.59 Å². The third-order valence-electron chi connectivity index (χ3n) is 4.39. The van der Waals surface area contributed by atoms with Crippen LogP contribution in [0.5, 0.6) is 11.5 Å². The lowest BCUT2D eigenvalue weighted by Crippen LogP contribution is -2.30. The van der Waals surface area contributed by atoms with E-state index in [4.69, 9.17) is 19.2 Å². The van der Waals surface area contributed by atoms with E-state index in [2.05, 4.69) is 10.1 Å². The molecule has 1 aromatic heterocycles. The second kappa shape index (κ2) is 9.52. The van der Waals surface area contributed by atoms with Crippen LogP contribution in [0.15, 0.2) is 34.4 Å². The Balaban J connectivity index is 1.88. The summed E-state index contributed by atoms with van der Waals surface area (Å²) in [6.07, 6.45) is 1.23. The van der Waals surface area contributed by atoms with Crippen LogP contribution in [-0.2, 0) is 16.1 Å². The van der Waals surface area contributed by atoms with Crippen LogP contribution in [-0.4, -0.2) is 48.6 Å². The molecule has 1 aromatic carbocycles. The van der Waals surface area contributed by atoms with Crippen molar-refractivity contribution >= 4 is 29.7 Å². The Morgan fingerprint density at radius 1 is 1.33 bits per heavy atom. The van der Waals surface area contributed by atoms with E-state index >= 15 is 0 Å². The van der Waals surface area contributed by atoms with Crippen molar-refractivity contribution in [3.05, 3.63) is 57.2 Å². The summed E-state index contributed by atoms with van der Waals surface area (Å²) in [5.74, 6) is -1.64. The molecule has 0 unspecified atom stereocenters. The zero-order valence-electron chi connectivity index (χ0n) is 17.3. The molecule has 1 fully saturated rings. The van der Waals surface area contributed by atoms with Crippen LogP contribution in [0, 0.1) is 21.4 Å². The number of rotatable bonds is 8. The fourth-order valence-electron chi connectivity index (χ4n) is 2.94. The first-order valence-corrected chi connectivity index (χ1v) is 9.16. The first kappa shape index (κ1) is 22.8. The summed E-state index contributed by atoms with van der Waals surface area (Å²) < 4.78 is 20.0. The molecule has 2 aromatic rings. The number of methoxy groups -OCH3 is 2. The number of nitriles is 1. The van der Waals surface area contributed by atoms with Crippen molar-refractivity contribution < 1.29 is 37.9 Å². The summed E-state index contributed by atoms with van der Waals surface area (Å²) in [6.45, 7) is -0.699. The summed E-state index contributed by atoms with van der Waals surface area (Å²) in [6, 6.07) is 6.18. The van der Waals surface area contributed by atoms with Crippen LogP contribution in [0.2, 0.25) is 0 Å². The molecule has 3 amide bonds. The van der Waals surface area contributed by atoms with Gasteiger partial charge in [-0.3, -0.25) is 19.8 Å². The number of nitrogens with one attached hydrogen (secondary N) is 1. The number of urea groups is 1. The zero-order chi connectivity index (χ0) is 24.1. The summed E-state index contributed by atoms with van der Waals surface area (Å²) in [5, 5.41) is 22.5. The molecule has 1 saturated heterocycles. The molecule has 0 atom stereocenters. The lowest BCUT2D eigenvalue weighted by molar-refractivity contribution is -0.385. The monoisotopic (exact) mass is 456 g/mol. The highest BCUT2D eigenvalue weighted by Crippen LogP contribution is 2.39. The molecule has 13 heteroatoms. The molecular formula is C20H16N4O9. The molecule has 1 N–H and O–H groups in total. The fraction of sp³-hybridized carbons (Fsp3) is 0.200. The largest absolute Gasteiger partial charge is 0.493 e. The van der Waals surface area contributed by atoms with Gasteiger partial charge in [0, 0.05) is 6.07 Å². The highest BCUT2D eigenvalue weighted by molar-refractivity contribution is 6.13. The number of ether oxygens (including phenoxy) is 3. The Hall–Kier alpha value is -4.86. The predicted octanol–water partition coefficient (Wildman–Crippen LogP) is 1.98. The summed E-state index contributed by atoms with van der Waals surface area (Å²) >= 11 is 0. The Morgan fingerprint density at radius 3 is 2.73 bits per heavy atom. The number of hydrogen-bond acceptors (Lipinski definition) is 10. The van der Waals surface area contributed by atoms with Gasteiger partial charge >= 0.3 is 17.7 Å². The Morgan fingerprint density at radius 2 is 2.09 bits per heavy atom. The predicted molar refractivity (Wildman–Crippen MR) is 108 cm³/mol. The molecule has 0 aliphatic carbocycles. The van der Waals surface area contributed by atoms with Gasteiger partial charge in [0.25, 0.3) is 5.91 Å². The first-order chi connectivity index (χ1) is 15.8. The molecule has 1 aliphatic rings. The number of carbonyl (C=O) groups is 3. The maximum atomic E-state index is 12.7. The molecule has 0 bridgehead atoms. The van der Waals surface area contributed by atoms with Gasteiger partial charge in [0.2, 0.25) is 11.5 Å². The summed E-state index contributed by atoms with van der Waals surface area (Å²) in [5.41, 5.74) is -0.475. The van der Waals surface area contributed by atoms with Gasteiger partial charge in [-0.05, 0) is 29.8 Å². The maximum absolute atomic E-state index is 12.7. The van der Waals surface area contributed by atoms with Crippen molar-refractivity contribution in [3.8, 4) is 17.6 Å². The first-order valence-electron chi connectivity index (χ1n) is 9.16. The minimum Gasteiger partial charge on any atom is -0.493 e. The van der Waals surface area contributed by atoms with Crippen LogP contribution in [0.25, 0.3) is 6.08 Å². The molecule has 0 radical (unpaired) electrons. The molecule has 1 aliphatic heterocycles. The number of carbonyl (C=O) groups excluding carboxylic acids is 3. The second-order valence-corrected chi connectivity index (χ2v) is 6.41. The van der Waals surface area contributed by atoms with E-state index in [1.165, 1.54) is 38.5 Å². The smallest absolute Gasteiger partial charge is 0.373 e. The van der Waals surface area contributed by atoms with Gasteiger partial charge in [-0.2, -0.15) is 5.26 Å². The Labute approximate surface area is 185 Å². The quantitative estimate of drug-likeness (QED) is 0.203. The van der Waals surface area contributed by atoms with Crippen molar-refractivity contribution in [2.45, 2.75) is 6.54 Å². The Bertz CT molecular complexity index is 1210. The van der Waals surface area contributed by atoms with Gasteiger partial charge in [0.05, 0.1) is 25.7 Å². The highest BCUT2D eigenvalue weighted by Gasteiger charge is 2.35. The number of imide groups is 1. The molecule has 2 heterocycles. The van der Waals surface area contributed by atoms with Gasteiger partial charge in [-0.15, -0.1) is 0 Å². The topological polar surface area (TPSA) is 174 Å². The molecule has 13 nitrogen and oxygen atoms in total. The summed E-state index contributed by atoms with van der Waals surface area (Å²) in [4.78, 5) is 48.1. The lowest BCUT2D eigenvalue weighted by atomic mass is 10.1. The van der Waals surface area contributed by atoms with Crippen LogP contribution in [0.1, 0.15) is 21.9 Å². The normalized spacial score (nSPS) is 14.1. The number of hydrogen-bond donors (Lipinski definition) is 1. The molecule has 170 valence electrons. The van der Waals surface area contributed by atoms with Crippen molar-refractivity contribution in [1.82, 2.24) is 10.2 Å². The highest BCUT2D eigenvalue weighted by atomic mass is 16.6. The second-order valence-electron chi connectivity index (χ2n) is 6.41.